The van der Waals surface area contributed by atoms with E-state index >= 15 is 0 Å². The van der Waals surface area contributed by atoms with Gasteiger partial charge in [-0.2, -0.15) is 0 Å². The maximum absolute atomic E-state index is 13.4. The van der Waals surface area contributed by atoms with Crippen LogP contribution in [-0.2, 0) is 6.61 Å². The lowest BCUT2D eigenvalue weighted by atomic mass is 10.2. The average Bonchev–Trinajstić information content (AvgIpc) is 2.46. The molecule has 3 N–H and O–H groups in total. The molecule has 0 aliphatic rings. The van der Waals surface area contributed by atoms with Crippen molar-refractivity contribution in [3.05, 3.63) is 63.7 Å². The van der Waals surface area contributed by atoms with E-state index < -0.39 is 16.6 Å². The Morgan fingerprint density at radius 2 is 2.00 bits per heavy atom. The van der Waals surface area contributed by atoms with Crippen LogP contribution >= 0.6 is 0 Å². The predicted molar refractivity (Wildman–Crippen MR) is 71.6 cm³/mol. The molecule has 0 fully saturated rings. The highest BCUT2D eigenvalue weighted by Crippen LogP contribution is 2.26. The zero-order valence-corrected chi connectivity index (χ0v) is 10.7. The molecule has 0 saturated heterocycles. The van der Waals surface area contributed by atoms with E-state index in [2.05, 4.69) is 5.43 Å². The van der Waals surface area contributed by atoms with Crippen molar-refractivity contribution in [1.29, 1.82) is 0 Å². The monoisotopic (exact) mass is 295 g/mol. The quantitative estimate of drug-likeness (QED) is 0.503. The lowest BCUT2D eigenvalue weighted by Crippen LogP contribution is -2.09. The van der Waals surface area contributed by atoms with E-state index in [1.165, 1.54) is 12.1 Å². The number of nitrogens with one attached hydrogen (secondary N) is 1. The van der Waals surface area contributed by atoms with E-state index in [9.17, 15) is 18.9 Å². The van der Waals surface area contributed by atoms with Crippen molar-refractivity contribution in [3.63, 3.8) is 0 Å². The molecule has 0 aromatic heterocycles. The molecule has 0 unspecified atom stereocenters. The van der Waals surface area contributed by atoms with Gasteiger partial charge >= 0.3 is 0 Å². The number of hydrazine groups is 1. The molecule has 2 aromatic rings. The Hall–Kier alpha value is -2.74. The van der Waals surface area contributed by atoms with Gasteiger partial charge < -0.3 is 10.2 Å². The highest BCUT2D eigenvalue weighted by Gasteiger charge is 2.14. The molecule has 0 saturated carbocycles. The summed E-state index contributed by atoms with van der Waals surface area (Å²) in [5.74, 6) is 3.47. The number of nitrogens with zero attached hydrogens (tertiary/aromatic N) is 1. The summed E-state index contributed by atoms with van der Waals surface area (Å²) in [7, 11) is 0. The normalized spacial score (nSPS) is 10.2. The number of nitro groups is 1. The third-order valence-electron chi connectivity index (χ3n) is 2.70. The maximum atomic E-state index is 13.4. The summed E-state index contributed by atoms with van der Waals surface area (Å²) in [6.07, 6.45) is 0. The molecule has 0 atom stereocenters. The molecule has 110 valence electrons. The van der Waals surface area contributed by atoms with Gasteiger partial charge in [0.05, 0.1) is 4.92 Å². The first-order valence-electron chi connectivity index (χ1n) is 5.83. The minimum Gasteiger partial charge on any atom is -0.486 e. The van der Waals surface area contributed by atoms with E-state index in [1.807, 2.05) is 0 Å². The second kappa shape index (κ2) is 6.14. The highest BCUT2D eigenvalue weighted by molar-refractivity contribution is 5.61. The lowest BCUT2D eigenvalue weighted by Gasteiger charge is -2.08. The minimum absolute atomic E-state index is 0.103. The molecular weight excluding hydrogens is 284 g/mol. The van der Waals surface area contributed by atoms with Gasteiger partial charge in [-0.05, 0) is 23.8 Å². The number of hydrogen-bond donors (Lipinski definition) is 2. The number of rotatable bonds is 5. The molecule has 0 radical (unpaired) electrons. The highest BCUT2D eigenvalue weighted by atomic mass is 19.1. The van der Waals surface area contributed by atoms with Gasteiger partial charge in [0.25, 0.3) is 5.69 Å². The first-order chi connectivity index (χ1) is 10.0. The Kier molecular flexibility index (Phi) is 4.29. The topological polar surface area (TPSA) is 90.4 Å². The number of ether oxygens (including phenoxy) is 1. The van der Waals surface area contributed by atoms with E-state index in [0.717, 1.165) is 12.1 Å². The van der Waals surface area contributed by atoms with Crippen LogP contribution in [-0.4, -0.2) is 4.92 Å². The van der Waals surface area contributed by atoms with Gasteiger partial charge in [0, 0.05) is 12.1 Å². The summed E-state index contributed by atoms with van der Waals surface area (Å²) in [4.78, 5) is 10.3. The van der Waals surface area contributed by atoms with E-state index in [0.29, 0.717) is 11.6 Å². The standard InChI is InChI=1S/C13H11F2N3O3/c14-9-2-4-13(10(15)6-9)21-7-8-1-3-11(17-16)12(5-8)18(19)20/h1-6,17H,7,16H2. The van der Waals surface area contributed by atoms with Crippen LogP contribution in [0.5, 0.6) is 5.75 Å². The van der Waals surface area contributed by atoms with Crippen molar-refractivity contribution >= 4 is 11.4 Å². The molecule has 2 aromatic carbocycles. The predicted octanol–water partition coefficient (Wildman–Crippen LogP) is 2.74. The van der Waals surface area contributed by atoms with Gasteiger partial charge in [-0.3, -0.25) is 16.0 Å². The molecule has 2 rings (SSSR count). The van der Waals surface area contributed by atoms with Crippen LogP contribution < -0.4 is 16.0 Å². The Balaban J connectivity index is 2.16. The summed E-state index contributed by atoms with van der Waals surface area (Å²) < 4.78 is 31.3. The minimum atomic E-state index is -0.843. The van der Waals surface area contributed by atoms with Crippen LogP contribution in [0.15, 0.2) is 36.4 Å². The van der Waals surface area contributed by atoms with Crippen LogP contribution in [0.25, 0.3) is 0 Å². The fourth-order valence-electron chi connectivity index (χ4n) is 1.69. The molecule has 0 spiro atoms. The molecule has 21 heavy (non-hydrogen) atoms. The second-order valence-corrected chi connectivity index (χ2v) is 4.12. The fraction of sp³-hybridized carbons (Fsp3) is 0.0769. The first kappa shape index (κ1) is 14.7. The van der Waals surface area contributed by atoms with Gasteiger partial charge in [-0.15, -0.1) is 0 Å². The number of anilines is 1. The van der Waals surface area contributed by atoms with Crippen molar-refractivity contribution < 1.29 is 18.4 Å². The number of nitrogens with two attached hydrogens (primary N) is 1. The molecule has 0 heterocycles. The van der Waals surface area contributed by atoms with Crippen LogP contribution in [0.3, 0.4) is 0 Å². The van der Waals surface area contributed by atoms with Gasteiger partial charge in [0.1, 0.15) is 18.1 Å². The van der Waals surface area contributed by atoms with E-state index in [1.54, 1.807) is 6.07 Å². The lowest BCUT2D eigenvalue weighted by molar-refractivity contribution is -0.384. The van der Waals surface area contributed by atoms with Crippen LogP contribution in [0.2, 0.25) is 0 Å². The zero-order chi connectivity index (χ0) is 15.4. The van der Waals surface area contributed by atoms with E-state index in [4.69, 9.17) is 10.6 Å². The molecule has 0 bridgehead atoms. The van der Waals surface area contributed by atoms with Crippen molar-refractivity contribution in [2.24, 2.45) is 5.84 Å². The summed E-state index contributed by atoms with van der Waals surface area (Å²) in [5.41, 5.74) is 2.58. The first-order valence-corrected chi connectivity index (χ1v) is 5.83. The largest absolute Gasteiger partial charge is 0.486 e. The molecular formula is C13H11F2N3O3. The second-order valence-electron chi connectivity index (χ2n) is 4.12. The van der Waals surface area contributed by atoms with E-state index in [-0.39, 0.29) is 23.7 Å². The van der Waals surface area contributed by atoms with Gasteiger partial charge in [-0.25, -0.2) is 8.78 Å². The Labute approximate surface area is 118 Å². The fourth-order valence-corrected chi connectivity index (χ4v) is 1.69. The van der Waals surface area contributed by atoms with Crippen molar-refractivity contribution in [2.75, 3.05) is 5.43 Å². The summed E-state index contributed by atoms with van der Waals surface area (Å²) in [5, 5.41) is 10.9. The van der Waals surface area contributed by atoms with Gasteiger partial charge in [0.2, 0.25) is 0 Å². The zero-order valence-electron chi connectivity index (χ0n) is 10.7. The number of nitro benzene ring substituents is 1. The Morgan fingerprint density at radius 3 is 2.62 bits per heavy atom. The molecule has 0 amide bonds. The van der Waals surface area contributed by atoms with Gasteiger partial charge in [0.15, 0.2) is 11.6 Å². The average molecular weight is 295 g/mol. The van der Waals surface area contributed by atoms with Crippen molar-refractivity contribution in [2.45, 2.75) is 6.61 Å². The molecule has 8 heteroatoms. The third-order valence-corrected chi connectivity index (χ3v) is 2.70. The Bertz CT molecular complexity index is 680. The molecule has 6 nitrogen and oxygen atoms in total. The number of hydrogen-bond acceptors (Lipinski definition) is 5. The maximum Gasteiger partial charge on any atom is 0.294 e. The number of halogens is 2. The molecule has 0 aliphatic carbocycles. The summed E-state index contributed by atoms with van der Waals surface area (Å²) >= 11 is 0. The van der Waals surface area contributed by atoms with Crippen LogP contribution in [0, 0.1) is 21.7 Å². The van der Waals surface area contributed by atoms with Crippen LogP contribution in [0.4, 0.5) is 20.2 Å². The SMILES string of the molecule is NNc1ccc(COc2ccc(F)cc2F)cc1[N+](=O)[O-]. The van der Waals surface area contributed by atoms with Gasteiger partial charge in [-0.1, -0.05) is 6.07 Å². The Morgan fingerprint density at radius 1 is 1.24 bits per heavy atom. The third kappa shape index (κ3) is 3.42. The summed E-state index contributed by atoms with van der Waals surface area (Å²) in [6.45, 7) is -0.103. The summed E-state index contributed by atoms with van der Waals surface area (Å²) in [6, 6.07) is 7.12. The van der Waals surface area contributed by atoms with Crippen LogP contribution in [0.1, 0.15) is 5.56 Å². The van der Waals surface area contributed by atoms with Crippen molar-refractivity contribution in [3.8, 4) is 5.75 Å². The molecule has 0 aliphatic heterocycles. The number of benzene rings is 2. The number of nitrogen functional groups attached to an aromatic ring is 1. The van der Waals surface area contributed by atoms with Crippen molar-refractivity contribution in [1.82, 2.24) is 0 Å². The smallest absolute Gasteiger partial charge is 0.294 e.